The van der Waals surface area contributed by atoms with Gasteiger partial charge in [0.05, 0.1) is 13.7 Å². The average Bonchev–Trinajstić information content (AvgIpc) is 3.28. The Balaban J connectivity index is 1.50. The van der Waals surface area contributed by atoms with Gasteiger partial charge in [-0.25, -0.2) is 15.3 Å². The normalized spacial score (nSPS) is 15.3. The fraction of sp³-hybridized carbons (Fsp3) is 0.560. The van der Waals surface area contributed by atoms with Gasteiger partial charge in [-0.2, -0.15) is 0 Å². The lowest BCUT2D eigenvalue weighted by molar-refractivity contribution is -0.135. The van der Waals surface area contributed by atoms with Gasteiger partial charge in [-0.15, -0.1) is 0 Å². The van der Waals surface area contributed by atoms with Crippen molar-refractivity contribution in [2.75, 3.05) is 7.11 Å². The lowest BCUT2D eigenvalue weighted by Crippen LogP contribution is -2.26. The van der Waals surface area contributed by atoms with Gasteiger partial charge in [-0.05, 0) is 23.8 Å². The molecule has 174 valence electrons. The van der Waals surface area contributed by atoms with Gasteiger partial charge >= 0.3 is 5.97 Å². The minimum Gasteiger partial charge on any atom is -0.464 e. The van der Waals surface area contributed by atoms with Gasteiger partial charge in [0.2, 0.25) is 5.91 Å². The van der Waals surface area contributed by atoms with Crippen LogP contribution in [0.1, 0.15) is 79.7 Å². The highest BCUT2D eigenvalue weighted by molar-refractivity contribution is 5.86. The molecule has 0 saturated heterocycles. The molecule has 1 N–H and O–H groups in total. The fourth-order valence-corrected chi connectivity index (χ4v) is 4.38. The first-order valence-corrected chi connectivity index (χ1v) is 11.6. The smallest absolute Gasteiger partial charge is 0.360 e. The Kier molecular flexibility index (Phi) is 9.75. The predicted molar refractivity (Wildman–Crippen MR) is 119 cm³/mol. The molecule has 2 aromatic rings. The lowest BCUT2D eigenvalue weighted by atomic mass is 9.84. The molecule has 1 aromatic carbocycles. The Morgan fingerprint density at radius 2 is 1.97 bits per heavy atom. The molecule has 7 heteroatoms. The van der Waals surface area contributed by atoms with Crippen molar-refractivity contribution in [1.82, 2.24) is 10.5 Å². The third-order valence-electron chi connectivity index (χ3n) is 6.10. The number of hydrogen-bond acceptors (Lipinski definition) is 6. The summed E-state index contributed by atoms with van der Waals surface area (Å²) in [7, 11) is 1.31. The van der Waals surface area contributed by atoms with Crippen LogP contribution in [-0.4, -0.2) is 24.0 Å². The summed E-state index contributed by atoms with van der Waals surface area (Å²) in [5.74, 6) is 0.624. The molecular formula is C25H34N2O5. The quantitative estimate of drug-likeness (QED) is 0.367. The molecule has 1 aliphatic carbocycles. The molecule has 1 fully saturated rings. The lowest BCUT2D eigenvalue weighted by Gasteiger charge is -2.22. The molecule has 7 nitrogen and oxygen atoms in total. The van der Waals surface area contributed by atoms with E-state index in [0.29, 0.717) is 25.3 Å². The first kappa shape index (κ1) is 24.0. The number of benzene rings is 1. The molecule has 0 aliphatic heterocycles. The number of methoxy groups -OCH3 is 1. The maximum Gasteiger partial charge on any atom is 0.360 e. The highest BCUT2D eigenvalue weighted by atomic mass is 16.6. The van der Waals surface area contributed by atoms with Crippen LogP contribution in [0, 0.1) is 11.8 Å². The van der Waals surface area contributed by atoms with E-state index in [-0.39, 0.29) is 17.5 Å². The van der Waals surface area contributed by atoms with E-state index in [1.54, 1.807) is 0 Å². The van der Waals surface area contributed by atoms with Gasteiger partial charge in [0.15, 0.2) is 11.6 Å². The number of esters is 1. The van der Waals surface area contributed by atoms with Crippen LogP contribution in [0.4, 0.5) is 0 Å². The Labute approximate surface area is 189 Å². The molecule has 1 atom stereocenters. The van der Waals surface area contributed by atoms with E-state index >= 15 is 0 Å². The third kappa shape index (κ3) is 8.11. The summed E-state index contributed by atoms with van der Waals surface area (Å²) in [5.41, 5.74) is 3.70. The Bertz CT molecular complexity index is 830. The molecule has 0 spiro atoms. The van der Waals surface area contributed by atoms with Crippen molar-refractivity contribution in [3.05, 3.63) is 53.7 Å². The zero-order valence-corrected chi connectivity index (χ0v) is 18.9. The largest absolute Gasteiger partial charge is 0.464 e. The molecule has 32 heavy (non-hydrogen) atoms. The number of hydrogen-bond donors (Lipinski definition) is 1. The molecule has 0 bridgehead atoms. The fourth-order valence-electron chi connectivity index (χ4n) is 4.38. The van der Waals surface area contributed by atoms with Crippen LogP contribution in [-0.2, 0) is 27.4 Å². The number of nitrogens with zero attached hydrogens (tertiary/aromatic N) is 1. The number of rotatable bonds is 12. The SMILES string of the molecule is COC(=O)c1coc(C[C@@H](CCCC2CCCCC2)CC(=O)NOCc2ccccc2)n1. The van der Waals surface area contributed by atoms with Crippen molar-refractivity contribution in [1.29, 1.82) is 0 Å². The van der Waals surface area contributed by atoms with Crippen LogP contribution < -0.4 is 5.48 Å². The summed E-state index contributed by atoms with van der Waals surface area (Å²) in [4.78, 5) is 33.8. The number of ether oxygens (including phenoxy) is 1. The first-order valence-electron chi connectivity index (χ1n) is 11.6. The second-order valence-electron chi connectivity index (χ2n) is 8.63. The van der Waals surface area contributed by atoms with Crippen LogP contribution in [0.5, 0.6) is 0 Å². The Morgan fingerprint density at radius 3 is 2.72 bits per heavy atom. The van der Waals surface area contributed by atoms with Crippen molar-refractivity contribution in [2.24, 2.45) is 11.8 Å². The standard InChI is InChI=1S/C25H34N2O5/c1-30-25(29)22-18-31-24(26-22)16-21(14-8-13-19-9-4-2-5-10-19)15-23(28)27-32-17-20-11-6-3-7-12-20/h3,6-7,11-12,18-19,21H,2,4-5,8-10,13-17H2,1H3,(H,27,28)/t21-/m0/s1. The van der Waals surface area contributed by atoms with Gasteiger partial charge < -0.3 is 9.15 Å². The van der Waals surface area contributed by atoms with E-state index in [1.807, 2.05) is 30.3 Å². The van der Waals surface area contributed by atoms with Crippen LogP contribution in [0.3, 0.4) is 0 Å². The molecule has 1 saturated carbocycles. The molecule has 0 unspecified atom stereocenters. The minimum atomic E-state index is -0.527. The molecule has 1 heterocycles. The number of carbonyl (C=O) groups excluding carboxylic acids is 2. The molecule has 1 aliphatic rings. The zero-order chi connectivity index (χ0) is 22.6. The highest BCUT2D eigenvalue weighted by Gasteiger charge is 2.21. The first-order chi connectivity index (χ1) is 15.6. The second kappa shape index (κ2) is 13.0. The molecule has 3 rings (SSSR count). The van der Waals surface area contributed by atoms with E-state index in [0.717, 1.165) is 24.3 Å². The topological polar surface area (TPSA) is 90.7 Å². The zero-order valence-electron chi connectivity index (χ0n) is 18.9. The van der Waals surface area contributed by atoms with Crippen molar-refractivity contribution >= 4 is 11.9 Å². The van der Waals surface area contributed by atoms with Crippen molar-refractivity contribution in [3.8, 4) is 0 Å². The highest BCUT2D eigenvalue weighted by Crippen LogP contribution is 2.29. The number of amides is 1. The minimum absolute atomic E-state index is 0.0584. The van der Waals surface area contributed by atoms with Gasteiger partial charge in [-0.1, -0.05) is 75.3 Å². The van der Waals surface area contributed by atoms with Gasteiger partial charge in [0, 0.05) is 12.8 Å². The summed E-state index contributed by atoms with van der Waals surface area (Å²) in [5, 5.41) is 0. The molecule has 1 aromatic heterocycles. The third-order valence-corrected chi connectivity index (χ3v) is 6.10. The van der Waals surface area contributed by atoms with E-state index in [1.165, 1.54) is 51.9 Å². The summed E-state index contributed by atoms with van der Waals surface area (Å²) in [6.07, 6.45) is 11.9. The number of oxazole rings is 1. The summed E-state index contributed by atoms with van der Waals surface area (Å²) in [6.45, 7) is 0.321. The van der Waals surface area contributed by atoms with Gasteiger partial charge in [0.25, 0.3) is 0 Å². The van der Waals surface area contributed by atoms with Crippen molar-refractivity contribution < 1.29 is 23.6 Å². The molecular weight excluding hydrogens is 408 g/mol. The predicted octanol–water partition coefficient (Wildman–Crippen LogP) is 5.01. The Hall–Kier alpha value is -2.67. The van der Waals surface area contributed by atoms with E-state index in [9.17, 15) is 9.59 Å². The molecule has 1 amide bonds. The summed E-state index contributed by atoms with van der Waals surface area (Å²) >= 11 is 0. The van der Waals surface area contributed by atoms with Gasteiger partial charge in [-0.3, -0.25) is 9.63 Å². The number of hydroxylamine groups is 1. The second-order valence-corrected chi connectivity index (χ2v) is 8.63. The van der Waals surface area contributed by atoms with Crippen LogP contribution in [0.15, 0.2) is 41.0 Å². The summed E-state index contributed by atoms with van der Waals surface area (Å²) in [6, 6.07) is 9.70. The van der Waals surface area contributed by atoms with E-state index in [4.69, 9.17) is 9.25 Å². The average molecular weight is 443 g/mol. The van der Waals surface area contributed by atoms with Crippen LogP contribution >= 0.6 is 0 Å². The van der Waals surface area contributed by atoms with Crippen molar-refractivity contribution in [3.63, 3.8) is 0 Å². The molecule has 0 radical (unpaired) electrons. The van der Waals surface area contributed by atoms with Crippen LogP contribution in [0.2, 0.25) is 0 Å². The van der Waals surface area contributed by atoms with E-state index < -0.39 is 5.97 Å². The van der Waals surface area contributed by atoms with Crippen molar-refractivity contribution in [2.45, 2.75) is 70.8 Å². The van der Waals surface area contributed by atoms with E-state index in [2.05, 4.69) is 15.2 Å². The maximum atomic E-state index is 12.5. The number of aromatic nitrogens is 1. The summed E-state index contributed by atoms with van der Waals surface area (Å²) < 4.78 is 10.1. The van der Waals surface area contributed by atoms with Crippen LogP contribution in [0.25, 0.3) is 0 Å². The maximum absolute atomic E-state index is 12.5. The Morgan fingerprint density at radius 1 is 1.19 bits per heavy atom. The van der Waals surface area contributed by atoms with Gasteiger partial charge in [0.1, 0.15) is 6.26 Å². The monoisotopic (exact) mass is 442 g/mol. The number of nitrogens with one attached hydrogen (secondary N) is 1. The number of carbonyl (C=O) groups is 2.